The summed E-state index contributed by atoms with van der Waals surface area (Å²) in [5.74, 6) is -0.351. The summed E-state index contributed by atoms with van der Waals surface area (Å²) in [6.07, 6.45) is 2.50. The van der Waals surface area contributed by atoms with Crippen molar-refractivity contribution in [1.82, 2.24) is 9.62 Å². The Morgan fingerprint density at radius 2 is 1.81 bits per heavy atom. The van der Waals surface area contributed by atoms with Gasteiger partial charge < -0.3 is 0 Å². The smallest absolute Gasteiger partial charge is 0.274 e. The summed E-state index contributed by atoms with van der Waals surface area (Å²) >= 11 is 5.69. The molecule has 0 bridgehead atoms. The highest BCUT2D eigenvalue weighted by Crippen LogP contribution is 2.15. The van der Waals surface area contributed by atoms with Gasteiger partial charge in [0, 0.05) is 18.0 Å². The molecule has 1 saturated heterocycles. The molecule has 1 heterocycles. The van der Waals surface area contributed by atoms with Crippen molar-refractivity contribution in [3.63, 3.8) is 0 Å². The Morgan fingerprint density at radius 1 is 1.14 bits per heavy atom. The number of sulfonamides is 1. The number of nitrogens with zero attached hydrogens (tertiary/aromatic N) is 1. The maximum Gasteiger partial charge on any atom is 0.337 e. The Bertz CT molecular complexity index is 643. The monoisotopic (exact) mass is 330 g/mol. The predicted octanol–water partition coefficient (Wildman–Crippen LogP) is 2.14. The third-order valence-corrected chi connectivity index (χ3v) is 4.75. The van der Waals surface area contributed by atoms with Gasteiger partial charge in [-0.2, -0.15) is 0 Å². The van der Waals surface area contributed by atoms with Crippen LogP contribution in [0.2, 0.25) is 5.02 Å². The molecule has 1 fully saturated rings. The number of benzene rings is 1. The van der Waals surface area contributed by atoms with Gasteiger partial charge in [0.05, 0.1) is 4.90 Å². The zero-order valence-electron chi connectivity index (χ0n) is 11.2. The van der Waals surface area contributed by atoms with Crippen LogP contribution in [0.5, 0.6) is 0 Å². The number of likely N-dealkylation sites (tertiary alicyclic amines) is 1. The van der Waals surface area contributed by atoms with E-state index < -0.39 is 16.1 Å². The molecular weight excluding hydrogens is 316 g/mol. The lowest BCUT2D eigenvalue weighted by Crippen LogP contribution is -2.45. The van der Waals surface area contributed by atoms with E-state index >= 15 is 0 Å². The topological polar surface area (TPSA) is 83.6 Å². The fourth-order valence-corrected chi connectivity index (χ4v) is 3.12. The molecule has 1 aliphatic heterocycles. The fraction of sp³-hybridized carbons (Fsp3) is 0.385. The number of nitrogens with one attached hydrogen (secondary N) is 1. The van der Waals surface area contributed by atoms with Crippen LogP contribution < -0.4 is 4.72 Å². The average molecular weight is 331 g/mol. The minimum absolute atomic E-state index is 0.0810. The SMILES string of the molecule is O=C1CCCCCN1C(=O)NS(=O)(=O)c1ccc(Cl)cc1. The molecule has 0 unspecified atom stereocenters. The zero-order valence-corrected chi connectivity index (χ0v) is 12.8. The number of rotatable bonds is 2. The van der Waals surface area contributed by atoms with Crippen LogP contribution >= 0.6 is 11.6 Å². The van der Waals surface area contributed by atoms with E-state index in [1.807, 2.05) is 4.72 Å². The first-order chi connectivity index (χ1) is 9.90. The summed E-state index contributed by atoms with van der Waals surface area (Å²) in [4.78, 5) is 24.7. The van der Waals surface area contributed by atoms with Crippen molar-refractivity contribution in [3.05, 3.63) is 29.3 Å². The first-order valence-electron chi connectivity index (χ1n) is 6.53. The second-order valence-corrected chi connectivity index (χ2v) is 6.84. The minimum Gasteiger partial charge on any atom is -0.274 e. The van der Waals surface area contributed by atoms with Crippen LogP contribution in [0.15, 0.2) is 29.2 Å². The number of amides is 3. The quantitative estimate of drug-likeness (QED) is 0.900. The molecule has 3 amide bonds. The van der Waals surface area contributed by atoms with Crippen LogP contribution in [0.4, 0.5) is 4.79 Å². The third kappa shape index (κ3) is 3.95. The molecule has 0 aliphatic carbocycles. The van der Waals surface area contributed by atoms with Crippen molar-refractivity contribution < 1.29 is 18.0 Å². The highest BCUT2D eigenvalue weighted by Gasteiger charge is 2.27. The number of carbonyl (C=O) groups excluding carboxylic acids is 2. The molecule has 1 aromatic rings. The minimum atomic E-state index is -4.01. The molecule has 0 saturated carbocycles. The number of hydrogen-bond acceptors (Lipinski definition) is 4. The maximum atomic E-state index is 12.1. The molecule has 1 N–H and O–H groups in total. The molecular formula is C13H15ClN2O4S. The van der Waals surface area contributed by atoms with E-state index in [9.17, 15) is 18.0 Å². The van der Waals surface area contributed by atoms with Crippen LogP contribution in [0, 0.1) is 0 Å². The van der Waals surface area contributed by atoms with Crippen molar-refractivity contribution in [2.45, 2.75) is 30.6 Å². The fourth-order valence-electron chi connectivity index (χ4n) is 2.04. The Labute approximate surface area is 128 Å². The van der Waals surface area contributed by atoms with Crippen LogP contribution in [-0.2, 0) is 14.8 Å². The van der Waals surface area contributed by atoms with Crippen LogP contribution in [0.1, 0.15) is 25.7 Å². The summed E-state index contributed by atoms with van der Waals surface area (Å²) in [7, 11) is -4.01. The van der Waals surface area contributed by atoms with E-state index in [1.165, 1.54) is 24.3 Å². The molecule has 6 nitrogen and oxygen atoms in total. The summed E-state index contributed by atoms with van der Waals surface area (Å²) in [5.41, 5.74) is 0. The zero-order chi connectivity index (χ0) is 15.5. The van der Waals surface area contributed by atoms with Crippen LogP contribution in [0.25, 0.3) is 0 Å². The summed E-state index contributed by atoms with van der Waals surface area (Å²) < 4.78 is 26.1. The number of imide groups is 1. The van der Waals surface area contributed by atoms with E-state index in [0.29, 0.717) is 17.9 Å². The van der Waals surface area contributed by atoms with Gasteiger partial charge in [-0.1, -0.05) is 18.0 Å². The van der Waals surface area contributed by atoms with E-state index in [2.05, 4.69) is 0 Å². The number of halogens is 1. The normalized spacial score (nSPS) is 16.4. The lowest BCUT2D eigenvalue weighted by Gasteiger charge is -2.18. The largest absolute Gasteiger partial charge is 0.337 e. The highest BCUT2D eigenvalue weighted by molar-refractivity contribution is 7.90. The number of urea groups is 1. The second-order valence-electron chi connectivity index (χ2n) is 4.72. The van der Waals surface area contributed by atoms with Crippen molar-refractivity contribution in [3.8, 4) is 0 Å². The van der Waals surface area contributed by atoms with Crippen molar-refractivity contribution in [2.75, 3.05) is 6.54 Å². The molecule has 0 spiro atoms. The molecule has 21 heavy (non-hydrogen) atoms. The lowest BCUT2D eigenvalue weighted by atomic mass is 10.2. The van der Waals surface area contributed by atoms with E-state index in [0.717, 1.165) is 11.3 Å². The van der Waals surface area contributed by atoms with Gasteiger partial charge in [-0.05, 0) is 37.1 Å². The molecule has 0 radical (unpaired) electrons. The van der Waals surface area contributed by atoms with Gasteiger partial charge >= 0.3 is 6.03 Å². The van der Waals surface area contributed by atoms with Crippen molar-refractivity contribution in [1.29, 1.82) is 0 Å². The Kier molecular flexibility index (Phi) is 4.84. The van der Waals surface area contributed by atoms with Gasteiger partial charge in [0.15, 0.2) is 0 Å². The van der Waals surface area contributed by atoms with Crippen molar-refractivity contribution in [2.24, 2.45) is 0 Å². The summed E-state index contributed by atoms with van der Waals surface area (Å²) in [6, 6.07) is 4.51. The first kappa shape index (κ1) is 15.8. The molecule has 8 heteroatoms. The van der Waals surface area contributed by atoms with E-state index in [1.54, 1.807) is 0 Å². The Balaban J connectivity index is 2.13. The van der Waals surface area contributed by atoms with Crippen LogP contribution in [0.3, 0.4) is 0 Å². The molecule has 2 rings (SSSR count). The van der Waals surface area contributed by atoms with Crippen molar-refractivity contribution >= 4 is 33.6 Å². The van der Waals surface area contributed by atoms with Crippen LogP contribution in [-0.4, -0.2) is 31.8 Å². The average Bonchev–Trinajstić information content (AvgIpc) is 2.63. The first-order valence-corrected chi connectivity index (χ1v) is 8.39. The van der Waals surface area contributed by atoms with Gasteiger partial charge in [-0.15, -0.1) is 0 Å². The molecule has 1 aromatic carbocycles. The molecule has 0 aromatic heterocycles. The molecule has 1 aliphatic rings. The summed E-state index contributed by atoms with van der Waals surface area (Å²) in [6.45, 7) is 0.237. The number of carbonyl (C=O) groups is 2. The van der Waals surface area contributed by atoms with Gasteiger partial charge in [0.2, 0.25) is 5.91 Å². The van der Waals surface area contributed by atoms with Gasteiger partial charge in [0.1, 0.15) is 0 Å². The Morgan fingerprint density at radius 3 is 2.48 bits per heavy atom. The maximum absolute atomic E-state index is 12.1. The molecule has 114 valence electrons. The predicted molar refractivity (Wildman–Crippen MR) is 77.4 cm³/mol. The number of hydrogen-bond donors (Lipinski definition) is 1. The second kappa shape index (κ2) is 6.44. The van der Waals surface area contributed by atoms with E-state index in [4.69, 9.17) is 11.6 Å². The lowest BCUT2D eigenvalue weighted by molar-refractivity contribution is -0.127. The standard InChI is InChI=1S/C13H15ClN2O4S/c14-10-5-7-11(8-6-10)21(19,20)15-13(18)16-9-3-1-2-4-12(16)17/h5-8H,1-4,9H2,(H,15,18). The molecule has 0 atom stereocenters. The Hall–Kier alpha value is -1.60. The van der Waals surface area contributed by atoms with Gasteiger partial charge in [-0.3, -0.25) is 9.69 Å². The highest BCUT2D eigenvalue weighted by atomic mass is 35.5. The summed E-state index contributed by atoms with van der Waals surface area (Å²) in [5, 5.41) is 0.392. The van der Waals surface area contributed by atoms with Gasteiger partial charge in [-0.25, -0.2) is 17.9 Å². The van der Waals surface area contributed by atoms with E-state index in [-0.39, 0.29) is 23.8 Å². The van der Waals surface area contributed by atoms with Gasteiger partial charge in [0.25, 0.3) is 10.0 Å². The third-order valence-electron chi connectivity index (χ3n) is 3.16.